The number of carbonyl (C=O) groups is 1. The number of hydrogen-bond donors (Lipinski definition) is 1. The summed E-state index contributed by atoms with van der Waals surface area (Å²) < 4.78 is 5.26. The van der Waals surface area contributed by atoms with E-state index in [1.54, 1.807) is 0 Å². The van der Waals surface area contributed by atoms with Crippen molar-refractivity contribution >= 4 is 22.6 Å². The molecule has 0 saturated carbocycles. The average Bonchev–Trinajstić information content (AvgIpc) is 3.08. The lowest BCUT2D eigenvalue weighted by Crippen LogP contribution is -2.32. The molecule has 1 N–H and O–H groups in total. The van der Waals surface area contributed by atoms with Crippen LogP contribution in [0, 0.1) is 5.92 Å². The molecule has 2 aromatic carbocycles. The van der Waals surface area contributed by atoms with Gasteiger partial charge in [-0.15, -0.1) is 0 Å². The van der Waals surface area contributed by atoms with Crippen LogP contribution in [0.2, 0.25) is 0 Å². The number of likely N-dealkylation sites (tertiary alicyclic amines) is 1. The summed E-state index contributed by atoms with van der Waals surface area (Å²) in [5, 5.41) is 7.86. The Bertz CT molecular complexity index is 909. The van der Waals surface area contributed by atoms with Gasteiger partial charge in [-0.2, -0.15) is 0 Å². The summed E-state index contributed by atoms with van der Waals surface area (Å²) in [6, 6.07) is 15.7. The third kappa shape index (κ3) is 4.37. The van der Waals surface area contributed by atoms with E-state index < -0.39 is 0 Å². The Labute approximate surface area is 159 Å². The largest absolute Gasteiger partial charge is 0.356 e. The van der Waals surface area contributed by atoms with E-state index in [0.717, 1.165) is 23.5 Å². The lowest BCUT2D eigenvalue weighted by Gasteiger charge is -2.30. The molecular weight excluding hydrogens is 338 g/mol. The average molecular weight is 363 g/mol. The SMILES string of the molecule is CC1CCN(Cc2ccc(NC(=O)Cc3noc4ccccc34)cc2)CC1. The maximum atomic E-state index is 12.4. The van der Waals surface area contributed by atoms with Crippen molar-refractivity contribution in [2.45, 2.75) is 32.7 Å². The van der Waals surface area contributed by atoms with Crippen molar-refractivity contribution in [2.24, 2.45) is 5.92 Å². The maximum Gasteiger partial charge on any atom is 0.230 e. The second kappa shape index (κ2) is 7.92. The van der Waals surface area contributed by atoms with Crippen molar-refractivity contribution in [3.63, 3.8) is 0 Å². The van der Waals surface area contributed by atoms with Crippen LogP contribution in [0.4, 0.5) is 5.69 Å². The predicted molar refractivity (Wildman–Crippen MR) is 106 cm³/mol. The second-order valence-corrected chi connectivity index (χ2v) is 7.51. The Balaban J connectivity index is 1.33. The number of carbonyl (C=O) groups excluding carboxylic acids is 1. The van der Waals surface area contributed by atoms with Crippen LogP contribution in [0.3, 0.4) is 0 Å². The molecule has 4 rings (SSSR count). The van der Waals surface area contributed by atoms with Crippen LogP contribution < -0.4 is 5.32 Å². The van der Waals surface area contributed by atoms with Crippen LogP contribution in [0.25, 0.3) is 11.0 Å². The number of nitrogens with zero attached hydrogens (tertiary/aromatic N) is 2. The number of nitrogens with one attached hydrogen (secondary N) is 1. The Morgan fingerprint density at radius 3 is 2.67 bits per heavy atom. The highest BCUT2D eigenvalue weighted by Crippen LogP contribution is 2.20. The van der Waals surface area contributed by atoms with E-state index in [2.05, 4.69) is 34.4 Å². The van der Waals surface area contributed by atoms with Crippen LogP contribution in [0.1, 0.15) is 31.0 Å². The standard InChI is InChI=1S/C22H25N3O2/c1-16-10-12-25(13-11-16)15-17-6-8-18(9-7-17)23-22(26)14-20-19-4-2-3-5-21(19)27-24-20/h2-9,16H,10-15H2,1H3,(H,23,26). The lowest BCUT2D eigenvalue weighted by atomic mass is 9.99. The third-order valence-electron chi connectivity index (χ3n) is 5.30. The minimum atomic E-state index is -0.0909. The lowest BCUT2D eigenvalue weighted by molar-refractivity contribution is -0.115. The minimum absolute atomic E-state index is 0.0909. The topological polar surface area (TPSA) is 58.4 Å². The summed E-state index contributed by atoms with van der Waals surface area (Å²) in [6.45, 7) is 5.65. The van der Waals surface area contributed by atoms with Gasteiger partial charge < -0.3 is 9.84 Å². The van der Waals surface area contributed by atoms with Gasteiger partial charge in [-0.1, -0.05) is 36.3 Å². The van der Waals surface area contributed by atoms with Crippen molar-refractivity contribution in [1.29, 1.82) is 0 Å². The normalized spacial score (nSPS) is 15.9. The maximum absolute atomic E-state index is 12.4. The predicted octanol–water partition coefficient (Wildman–Crippen LogP) is 4.24. The molecule has 27 heavy (non-hydrogen) atoms. The summed E-state index contributed by atoms with van der Waals surface area (Å²) in [7, 11) is 0. The Morgan fingerprint density at radius 2 is 1.89 bits per heavy atom. The van der Waals surface area contributed by atoms with Gasteiger partial charge in [0.1, 0.15) is 5.69 Å². The van der Waals surface area contributed by atoms with Crippen molar-refractivity contribution in [3.05, 3.63) is 59.8 Å². The number of aromatic nitrogens is 1. The first-order valence-electron chi connectivity index (χ1n) is 9.62. The van der Waals surface area contributed by atoms with Gasteiger partial charge in [0, 0.05) is 17.6 Å². The molecule has 0 unspecified atom stereocenters. The molecule has 1 fully saturated rings. The minimum Gasteiger partial charge on any atom is -0.356 e. The van der Waals surface area contributed by atoms with Gasteiger partial charge in [-0.25, -0.2) is 0 Å². The highest BCUT2D eigenvalue weighted by molar-refractivity contribution is 5.94. The van der Waals surface area contributed by atoms with Gasteiger partial charge in [-0.3, -0.25) is 9.69 Å². The molecule has 0 atom stereocenters. The van der Waals surface area contributed by atoms with Crippen LogP contribution in [-0.4, -0.2) is 29.1 Å². The number of amides is 1. The molecule has 0 spiro atoms. The first kappa shape index (κ1) is 17.7. The van der Waals surface area contributed by atoms with Gasteiger partial charge in [0.05, 0.1) is 6.42 Å². The van der Waals surface area contributed by atoms with E-state index in [1.807, 2.05) is 36.4 Å². The summed E-state index contributed by atoms with van der Waals surface area (Å²) in [6.07, 6.45) is 2.76. The molecule has 1 saturated heterocycles. The van der Waals surface area contributed by atoms with Crippen molar-refractivity contribution in [2.75, 3.05) is 18.4 Å². The summed E-state index contributed by atoms with van der Waals surface area (Å²) in [5.74, 6) is 0.757. The summed E-state index contributed by atoms with van der Waals surface area (Å²) in [5.41, 5.74) is 3.46. The molecule has 1 aromatic heterocycles. The molecular formula is C22H25N3O2. The fourth-order valence-electron chi connectivity index (χ4n) is 3.59. The molecule has 0 aliphatic carbocycles. The Hall–Kier alpha value is -2.66. The van der Waals surface area contributed by atoms with Gasteiger partial charge in [0.15, 0.2) is 5.58 Å². The molecule has 1 aliphatic rings. The first-order valence-corrected chi connectivity index (χ1v) is 9.62. The van der Waals surface area contributed by atoms with Crippen LogP contribution in [0.5, 0.6) is 0 Å². The highest BCUT2D eigenvalue weighted by Gasteiger charge is 2.16. The molecule has 3 aromatic rings. The molecule has 2 heterocycles. The van der Waals surface area contributed by atoms with E-state index in [1.165, 1.54) is 31.5 Å². The summed E-state index contributed by atoms with van der Waals surface area (Å²) in [4.78, 5) is 14.9. The van der Waals surface area contributed by atoms with E-state index in [0.29, 0.717) is 11.3 Å². The molecule has 5 nitrogen and oxygen atoms in total. The molecule has 0 radical (unpaired) electrons. The van der Waals surface area contributed by atoms with Crippen LogP contribution in [0.15, 0.2) is 53.1 Å². The molecule has 1 amide bonds. The smallest absolute Gasteiger partial charge is 0.230 e. The molecule has 1 aliphatic heterocycles. The van der Waals surface area contributed by atoms with Gasteiger partial charge in [0.2, 0.25) is 5.91 Å². The third-order valence-corrected chi connectivity index (χ3v) is 5.30. The van der Waals surface area contributed by atoms with Crippen molar-refractivity contribution in [3.8, 4) is 0 Å². The zero-order valence-corrected chi connectivity index (χ0v) is 15.6. The van der Waals surface area contributed by atoms with E-state index in [9.17, 15) is 4.79 Å². The number of rotatable bonds is 5. The zero-order chi connectivity index (χ0) is 18.6. The van der Waals surface area contributed by atoms with Crippen molar-refractivity contribution in [1.82, 2.24) is 10.1 Å². The number of anilines is 1. The van der Waals surface area contributed by atoms with Gasteiger partial charge in [-0.05, 0) is 61.7 Å². The second-order valence-electron chi connectivity index (χ2n) is 7.51. The van der Waals surface area contributed by atoms with Gasteiger partial charge >= 0.3 is 0 Å². The number of benzene rings is 2. The van der Waals surface area contributed by atoms with Gasteiger partial charge in [0.25, 0.3) is 0 Å². The van der Waals surface area contributed by atoms with Crippen molar-refractivity contribution < 1.29 is 9.32 Å². The molecule has 5 heteroatoms. The van der Waals surface area contributed by atoms with Crippen LogP contribution in [-0.2, 0) is 17.8 Å². The summed E-state index contributed by atoms with van der Waals surface area (Å²) >= 11 is 0. The Morgan fingerprint density at radius 1 is 1.15 bits per heavy atom. The monoisotopic (exact) mass is 363 g/mol. The van der Waals surface area contributed by atoms with E-state index >= 15 is 0 Å². The number of para-hydroxylation sites is 1. The number of hydrogen-bond acceptors (Lipinski definition) is 4. The first-order chi connectivity index (χ1) is 13.2. The number of fused-ring (bicyclic) bond motifs is 1. The van der Waals surface area contributed by atoms with E-state index in [4.69, 9.17) is 4.52 Å². The Kier molecular flexibility index (Phi) is 5.21. The highest BCUT2D eigenvalue weighted by atomic mass is 16.5. The zero-order valence-electron chi connectivity index (χ0n) is 15.6. The van der Waals surface area contributed by atoms with E-state index in [-0.39, 0.29) is 12.3 Å². The fraction of sp³-hybridized carbons (Fsp3) is 0.364. The number of piperidine rings is 1. The molecule has 0 bridgehead atoms. The molecule has 140 valence electrons. The quantitative estimate of drug-likeness (QED) is 0.736. The fourth-order valence-corrected chi connectivity index (χ4v) is 3.59. The van der Waals surface area contributed by atoms with Crippen LogP contribution >= 0.6 is 0 Å².